The van der Waals surface area contributed by atoms with Crippen molar-refractivity contribution in [1.29, 1.82) is 0 Å². The van der Waals surface area contributed by atoms with E-state index < -0.39 is 0 Å². The number of allylic oxidation sites excluding steroid dienone is 2. The molecular weight excluding hydrogens is 334 g/mol. The molecule has 3 nitrogen and oxygen atoms in total. The number of carbonyl (C=O) groups is 1. The van der Waals surface area contributed by atoms with E-state index >= 15 is 0 Å². The molecule has 0 saturated carbocycles. The number of carbonyl (C=O) groups excluding carboxylic acids is 1. The van der Waals surface area contributed by atoms with Crippen LogP contribution in [0.5, 0.6) is 0 Å². The maximum Gasteiger partial charge on any atom is 0.305 e. The van der Waals surface area contributed by atoms with Crippen LogP contribution in [0.3, 0.4) is 0 Å². The molecule has 1 N–H and O–H groups in total. The number of nitrogens with one attached hydrogen (secondary N) is 1. The monoisotopic (exact) mass is 381 g/mol. The molecule has 1 aliphatic rings. The summed E-state index contributed by atoms with van der Waals surface area (Å²) < 4.78 is 5.26. The van der Waals surface area contributed by atoms with Gasteiger partial charge in [0, 0.05) is 6.42 Å². The van der Waals surface area contributed by atoms with Crippen molar-refractivity contribution in [2.24, 2.45) is 11.8 Å². The predicted molar refractivity (Wildman–Crippen MR) is 118 cm³/mol. The van der Waals surface area contributed by atoms with Crippen molar-refractivity contribution < 1.29 is 9.53 Å². The van der Waals surface area contributed by atoms with Crippen LogP contribution in [0.25, 0.3) is 0 Å². The lowest BCUT2D eigenvalue weighted by atomic mass is 9.96. The number of esters is 1. The minimum Gasteiger partial charge on any atom is -0.466 e. The Morgan fingerprint density at radius 3 is 2.44 bits per heavy atom. The van der Waals surface area contributed by atoms with E-state index in [4.69, 9.17) is 4.74 Å². The number of hydrogen-bond donors (Lipinski definition) is 1. The summed E-state index contributed by atoms with van der Waals surface area (Å²) in [6.07, 6.45) is 21.9. The Kier molecular flexibility index (Phi) is 19.3. The van der Waals surface area contributed by atoms with Crippen molar-refractivity contribution in [2.45, 2.75) is 104 Å². The lowest BCUT2D eigenvalue weighted by Gasteiger charge is -2.11. The van der Waals surface area contributed by atoms with Crippen LogP contribution in [0.1, 0.15) is 104 Å². The van der Waals surface area contributed by atoms with Crippen molar-refractivity contribution in [1.82, 2.24) is 5.32 Å². The Bertz CT molecular complexity index is 354. The van der Waals surface area contributed by atoms with Gasteiger partial charge in [-0.2, -0.15) is 0 Å². The molecule has 1 rings (SSSR count). The highest BCUT2D eigenvalue weighted by Crippen LogP contribution is 2.23. The summed E-state index contributed by atoms with van der Waals surface area (Å²) in [5, 5.41) is 2.75. The van der Waals surface area contributed by atoms with Crippen LogP contribution >= 0.6 is 0 Å². The van der Waals surface area contributed by atoms with Crippen molar-refractivity contribution in [3.63, 3.8) is 0 Å². The fourth-order valence-electron chi connectivity index (χ4n) is 3.48. The van der Waals surface area contributed by atoms with Gasteiger partial charge in [-0.25, -0.2) is 0 Å². The van der Waals surface area contributed by atoms with Crippen LogP contribution in [-0.4, -0.2) is 26.7 Å². The first-order chi connectivity index (χ1) is 13.1. The van der Waals surface area contributed by atoms with Gasteiger partial charge in [-0.3, -0.25) is 4.79 Å². The molecule has 0 amide bonds. The van der Waals surface area contributed by atoms with Gasteiger partial charge in [0.05, 0.1) is 6.61 Å². The van der Waals surface area contributed by atoms with E-state index in [1.165, 1.54) is 64.2 Å². The minimum absolute atomic E-state index is 0.00100. The van der Waals surface area contributed by atoms with E-state index in [0.717, 1.165) is 25.2 Å². The van der Waals surface area contributed by atoms with Crippen molar-refractivity contribution >= 4 is 5.97 Å². The topological polar surface area (TPSA) is 38.3 Å². The Morgan fingerprint density at radius 2 is 1.78 bits per heavy atom. The summed E-state index contributed by atoms with van der Waals surface area (Å²) >= 11 is 0. The quantitative estimate of drug-likeness (QED) is 0.196. The maximum absolute atomic E-state index is 11.6. The van der Waals surface area contributed by atoms with Gasteiger partial charge in [-0.05, 0) is 58.0 Å². The fraction of sp³-hybridized carbons (Fsp3) is 0.875. The summed E-state index contributed by atoms with van der Waals surface area (Å²) in [6, 6.07) is 0. The first-order valence-electron chi connectivity index (χ1n) is 11.5. The highest BCUT2D eigenvalue weighted by Gasteiger charge is 2.09. The molecule has 3 heteroatoms. The second kappa shape index (κ2) is 19.9. The molecule has 0 spiro atoms. The van der Waals surface area contributed by atoms with Crippen molar-refractivity contribution in [2.75, 3.05) is 20.7 Å². The molecule has 0 fully saturated rings. The molecule has 0 aliphatic heterocycles. The van der Waals surface area contributed by atoms with Gasteiger partial charge in [0.1, 0.15) is 0 Å². The van der Waals surface area contributed by atoms with Gasteiger partial charge in [-0.15, -0.1) is 0 Å². The van der Waals surface area contributed by atoms with Crippen molar-refractivity contribution in [3.8, 4) is 0 Å². The molecular formula is C24H47NO2. The maximum atomic E-state index is 11.6. The molecule has 27 heavy (non-hydrogen) atoms. The Morgan fingerprint density at radius 1 is 1.07 bits per heavy atom. The third kappa shape index (κ3) is 18.3. The third-order valence-electron chi connectivity index (χ3n) is 5.24. The van der Waals surface area contributed by atoms with Crippen LogP contribution in [0.2, 0.25) is 0 Å². The van der Waals surface area contributed by atoms with Crippen LogP contribution in [-0.2, 0) is 9.53 Å². The number of rotatable bonds is 15. The summed E-state index contributed by atoms with van der Waals surface area (Å²) in [4.78, 5) is 11.6. The highest BCUT2D eigenvalue weighted by molar-refractivity contribution is 5.69. The minimum atomic E-state index is -0.00100. The molecule has 0 aromatic heterocycles. The van der Waals surface area contributed by atoms with E-state index in [2.05, 4.69) is 31.3 Å². The zero-order valence-corrected chi connectivity index (χ0v) is 18.7. The average molecular weight is 382 g/mol. The smallest absolute Gasteiger partial charge is 0.305 e. The largest absolute Gasteiger partial charge is 0.466 e. The molecule has 2 atom stereocenters. The third-order valence-corrected chi connectivity index (χ3v) is 5.24. The Balaban J connectivity index is 0.00000210. The van der Waals surface area contributed by atoms with Crippen LogP contribution < -0.4 is 5.32 Å². The molecule has 0 radical (unpaired) electrons. The van der Waals surface area contributed by atoms with E-state index in [-0.39, 0.29) is 5.97 Å². The zero-order valence-electron chi connectivity index (χ0n) is 18.7. The molecule has 1 aliphatic carbocycles. The van der Waals surface area contributed by atoms with Gasteiger partial charge >= 0.3 is 5.97 Å². The average Bonchev–Trinajstić information content (AvgIpc) is 3.17. The summed E-state index contributed by atoms with van der Waals surface area (Å²) in [7, 11) is 3.75. The molecule has 0 aromatic rings. The SMILES string of the molecule is CCCCCOC(=O)CCC(C)CCCCCCCC1C=CCC1.CNC. The van der Waals surface area contributed by atoms with Crippen LogP contribution in [0, 0.1) is 11.8 Å². The van der Waals surface area contributed by atoms with Gasteiger partial charge in [0.15, 0.2) is 0 Å². The van der Waals surface area contributed by atoms with E-state index in [0.29, 0.717) is 18.9 Å². The normalized spacial score (nSPS) is 16.7. The molecule has 0 heterocycles. The summed E-state index contributed by atoms with van der Waals surface area (Å²) in [5.41, 5.74) is 0. The molecule has 0 bridgehead atoms. The summed E-state index contributed by atoms with van der Waals surface area (Å²) in [5.74, 6) is 1.53. The number of hydrogen-bond acceptors (Lipinski definition) is 3. The zero-order chi connectivity index (χ0) is 20.2. The standard InChI is InChI=1S/C22H40O2.C2H7N/c1-3-4-12-19-24-22(23)18-17-20(2)13-8-6-5-7-9-14-21-15-10-11-16-21;1-3-2/h10,15,20-21H,3-9,11-14,16-19H2,1-2H3;3H,1-2H3. The first-order valence-corrected chi connectivity index (χ1v) is 11.5. The first kappa shape index (κ1) is 26.2. The van der Waals surface area contributed by atoms with E-state index in [9.17, 15) is 4.79 Å². The Hall–Kier alpha value is -0.830. The van der Waals surface area contributed by atoms with Crippen molar-refractivity contribution in [3.05, 3.63) is 12.2 Å². The molecule has 2 unspecified atom stereocenters. The van der Waals surface area contributed by atoms with Crippen LogP contribution in [0.15, 0.2) is 12.2 Å². The van der Waals surface area contributed by atoms with Gasteiger partial charge in [0.25, 0.3) is 0 Å². The molecule has 0 saturated heterocycles. The fourth-order valence-corrected chi connectivity index (χ4v) is 3.48. The predicted octanol–water partition coefficient (Wildman–Crippen LogP) is 6.67. The number of unbranched alkanes of at least 4 members (excludes halogenated alkanes) is 6. The van der Waals surface area contributed by atoms with Gasteiger partial charge in [0.2, 0.25) is 0 Å². The second-order valence-corrected chi connectivity index (χ2v) is 8.18. The number of ether oxygens (including phenoxy) is 1. The summed E-state index contributed by atoms with van der Waals surface area (Å²) in [6.45, 7) is 5.05. The van der Waals surface area contributed by atoms with Gasteiger partial charge < -0.3 is 10.1 Å². The van der Waals surface area contributed by atoms with Crippen LogP contribution in [0.4, 0.5) is 0 Å². The molecule has 160 valence electrons. The lowest BCUT2D eigenvalue weighted by Crippen LogP contribution is -2.08. The highest BCUT2D eigenvalue weighted by atomic mass is 16.5. The van der Waals surface area contributed by atoms with E-state index in [1.54, 1.807) is 0 Å². The van der Waals surface area contributed by atoms with E-state index in [1.807, 2.05) is 14.1 Å². The Labute approximate surface area is 169 Å². The molecule has 0 aromatic carbocycles. The second-order valence-electron chi connectivity index (χ2n) is 8.18. The lowest BCUT2D eigenvalue weighted by molar-refractivity contribution is -0.144. The van der Waals surface area contributed by atoms with Gasteiger partial charge in [-0.1, -0.05) is 77.4 Å².